The fraction of sp³-hybridized carbons (Fsp3) is 0.974. The first-order chi connectivity index (χ1) is 33.4. The monoisotopic (exact) mass is 1030 g/mol. The second kappa shape index (κ2) is 23.9. The average molecular weight is 1030 g/mol. The molecule has 0 spiro atoms. The SMILES string of the molecule is O=C(CO)O[C@@H]1[C@@H](O)[C@H]2O[C@H]3[C@H](O)[C@@H](O)[C@@H](O[C@H]4[C@H](O)[C@@H](O)[C@@H](O[C@H]5[C@H](O)[C@@H](O)[C@@H](O[C@H]6[C@H](O)[C@@H](O)[C@@H](O[C@H]7[C@H](O)[C@@H](O)[C@@H](O[C@H]1[C@@H](CO)O2)O[C@@H]7CO)O[C@@H]6CO)O[C@@H]5CO)O[C@@H]4CO)O[C@@H]3CO. The Bertz CT molecular complexity index is 1640. The highest BCUT2D eigenvalue weighted by atomic mass is 16.8. The van der Waals surface area contributed by atoms with E-state index in [1.165, 1.54) is 0 Å². The Hall–Kier alpha value is -1.73. The molecule has 0 amide bonds. The summed E-state index contributed by atoms with van der Waals surface area (Å²) < 4.78 is 73.5. The summed E-state index contributed by atoms with van der Waals surface area (Å²) in [7, 11) is 0. The third-order valence-electron chi connectivity index (χ3n) is 13.0. The van der Waals surface area contributed by atoms with Crippen molar-refractivity contribution < 1.29 is 158 Å². The van der Waals surface area contributed by atoms with E-state index in [2.05, 4.69) is 0 Å². The normalized spacial score (nSPS) is 52.8. The fourth-order valence-corrected chi connectivity index (χ4v) is 9.24. The Labute approximate surface area is 394 Å². The first kappa shape index (κ1) is 56.0. The van der Waals surface area contributed by atoms with Crippen molar-refractivity contribution in [2.75, 3.05) is 46.2 Å². The van der Waals surface area contributed by atoms with Gasteiger partial charge in [0.1, 0.15) is 147 Å². The van der Waals surface area contributed by atoms with Gasteiger partial charge in [-0.25, -0.2) is 4.79 Å². The topological polar surface area (TPSA) is 501 Å². The van der Waals surface area contributed by atoms with Crippen molar-refractivity contribution in [2.24, 2.45) is 0 Å². The van der Waals surface area contributed by atoms with Crippen LogP contribution in [0.4, 0.5) is 0 Å². The third-order valence-corrected chi connectivity index (χ3v) is 13.0. The van der Waals surface area contributed by atoms with Gasteiger partial charge in [-0.1, -0.05) is 0 Å². The molecule has 70 heavy (non-hydrogen) atoms. The first-order valence-electron chi connectivity index (χ1n) is 22.2. The standard InChI is InChI=1S/C38H62O32/c39-1-8-26-15(47)20(52)33(58-8)66-27-9(2-40)60-35(22(54)17(27)49)68-29-11(4-42)62-37(24(56)19(29)51)70-31-13(6-44)63-38(25(57)32(31)64-14(46)7-45)69-30-12(5-43)61-36(23(55)18(30)50)67-28-10(3-41)59-34(65-26)21(53)16(28)48/h8-13,15-45,47-57H,1-7H2/t8-,9-,10-,11-,12-,13-,15-,16-,17-,18-,19-,20-,21-,22-,23-,24-,25-,26-,27-,28-,29-,30-,31+,32-,33-,34-,35-,36-,37-,38-/m1/s1. The highest BCUT2D eigenvalue weighted by Crippen LogP contribution is 2.38. The summed E-state index contributed by atoms with van der Waals surface area (Å²) in [5.74, 6) is -1.41. The van der Waals surface area contributed by atoms with Crippen LogP contribution < -0.4 is 0 Å². The van der Waals surface area contributed by atoms with Gasteiger partial charge in [-0.05, 0) is 0 Å². The van der Waals surface area contributed by atoms with Crippen LogP contribution in [0.15, 0.2) is 0 Å². The summed E-state index contributed by atoms with van der Waals surface area (Å²) in [6, 6.07) is 0. The van der Waals surface area contributed by atoms with Crippen molar-refractivity contribution in [3.63, 3.8) is 0 Å². The van der Waals surface area contributed by atoms with Crippen molar-refractivity contribution >= 4 is 5.97 Å². The molecule has 22 fully saturated rings. The molecule has 0 radical (unpaired) electrons. The second-order valence-electron chi connectivity index (χ2n) is 17.5. The van der Waals surface area contributed by atoms with Crippen LogP contribution in [0.5, 0.6) is 0 Å². The molecule has 22 heterocycles. The Morgan fingerprint density at radius 2 is 0.486 bits per heavy atom. The van der Waals surface area contributed by atoms with Gasteiger partial charge in [0, 0.05) is 0 Å². The highest BCUT2D eigenvalue weighted by Gasteiger charge is 2.59. The molecule has 30 atom stereocenters. The Morgan fingerprint density at radius 1 is 0.286 bits per heavy atom. The maximum Gasteiger partial charge on any atom is 0.332 e. The molecule has 22 saturated heterocycles. The third kappa shape index (κ3) is 11.0. The lowest BCUT2D eigenvalue weighted by atomic mass is 9.94. The lowest BCUT2D eigenvalue weighted by Crippen LogP contribution is -2.69. The van der Waals surface area contributed by atoms with Crippen LogP contribution in [0.3, 0.4) is 0 Å². The second-order valence-corrected chi connectivity index (χ2v) is 17.5. The molecule has 406 valence electrons. The molecule has 22 aliphatic heterocycles. The summed E-state index contributed by atoms with van der Waals surface area (Å²) in [5, 5.41) is 196. The van der Waals surface area contributed by atoms with E-state index in [0.717, 1.165) is 0 Å². The molecule has 0 saturated carbocycles. The zero-order valence-electron chi connectivity index (χ0n) is 36.5. The molecule has 0 unspecified atom stereocenters. The van der Waals surface area contributed by atoms with Gasteiger partial charge in [-0.3, -0.25) is 0 Å². The van der Waals surface area contributed by atoms with Crippen molar-refractivity contribution in [1.29, 1.82) is 0 Å². The maximum absolute atomic E-state index is 12.5. The van der Waals surface area contributed by atoms with Gasteiger partial charge in [0.25, 0.3) is 0 Å². The number of rotatable bonds is 8. The number of carbonyl (C=O) groups excluding carboxylic acids is 1. The minimum atomic E-state index is -2.25. The highest BCUT2D eigenvalue weighted by molar-refractivity contribution is 5.70. The van der Waals surface area contributed by atoms with Crippen molar-refractivity contribution in [2.45, 2.75) is 184 Å². The van der Waals surface area contributed by atoms with E-state index in [1.54, 1.807) is 0 Å². The van der Waals surface area contributed by atoms with Gasteiger partial charge in [0.2, 0.25) is 0 Å². The average Bonchev–Trinajstić information content (AvgIpc) is 3.35. The van der Waals surface area contributed by atoms with E-state index >= 15 is 0 Å². The van der Waals surface area contributed by atoms with Crippen LogP contribution in [-0.4, -0.2) is 328 Å². The minimum absolute atomic E-state index is 1.02. The minimum Gasteiger partial charge on any atom is -0.455 e. The lowest BCUT2D eigenvalue weighted by Gasteiger charge is -2.51. The molecule has 22 aliphatic rings. The van der Waals surface area contributed by atoms with Gasteiger partial charge in [-0.2, -0.15) is 0 Å². The number of aliphatic hydroxyl groups is 18. The number of hydrogen-bond donors (Lipinski definition) is 18. The van der Waals surface area contributed by atoms with Crippen LogP contribution in [0.1, 0.15) is 0 Å². The predicted molar refractivity (Wildman–Crippen MR) is 207 cm³/mol. The molecular weight excluding hydrogens is 968 g/mol. The number of carbonyl (C=O) groups is 1. The summed E-state index contributed by atoms with van der Waals surface area (Å²) in [4.78, 5) is 12.5. The van der Waals surface area contributed by atoms with Crippen LogP contribution >= 0.6 is 0 Å². The smallest absolute Gasteiger partial charge is 0.332 e. The van der Waals surface area contributed by atoms with Crippen LogP contribution in [0.2, 0.25) is 0 Å². The quantitative estimate of drug-likeness (QED) is 0.100. The van der Waals surface area contributed by atoms with Gasteiger partial charge < -0.3 is 153 Å². The van der Waals surface area contributed by atoms with Gasteiger partial charge in [0.05, 0.1) is 39.6 Å². The van der Waals surface area contributed by atoms with Crippen molar-refractivity contribution in [3.8, 4) is 0 Å². The van der Waals surface area contributed by atoms with Crippen molar-refractivity contribution in [3.05, 3.63) is 0 Å². The molecule has 18 N–H and O–H groups in total. The van der Waals surface area contributed by atoms with Crippen LogP contribution in [0.25, 0.3) is 0 Å². The number of hydrogen-bond acceptors (Lipinski definition) is 32. The fourth-order valence-electron chi connectivity index (χ4n) is 9.24. The van der Waals surface area contributed by atoms with Crippen molar-refractivity contribution in [1.82, 2.24) is 0 Å². The number of ether oxygens (including phenoxy) is 13. The predicted octanol–water partition coefficient (Wildman–Crippen LogP) is -13.5. The summed E-state index contributed by atoms with van der Waals surface area (Å²) in [6.07, 6.45) is -60.1. The Balaban J connectivity index is 1.22. The maximum atomic E-state index is 12.5. The lowest BCUT2D eigenvalue weighted by molar-refractivity contribution is -0.404. The zero-order valence-corrected chi connectivity index (χ0v) is 36.5. The Morgan fingerprint density at radius 3 is 0.700 bits per heavy atom. The molecule has 12 bridgehead atoms. The van der Waals surface area contributed by atoms with E-state index in [-0.39, 0.29) is 0 Å². The molecular formula is C38H62O32. The summed E-state index contributed by atoms with van der Waals surface area (Å²) in [5.41, 5.74) is 0. The van der Waals surface area contributed by atoms with Gasteiger partial charge >= 0.3 is 5.97 Å². The van der Waals surface area contributed by atoms with E-state index < -0.39 is 236 Å². The molecule has 0 aliphatic carbocycles. The van der Waals surface area contributed by atoms with E-state index in [1.807, 2.05) is 0 Å². The zero-order chi connectivity index (χ0) is 51.0. The molecule has 0 aromatic carbocycles. The summed E-state index contributed by atoms with van der Waals surface area (Å²) >= 11 is 0. The van der Waals surface area contributed by atoms with Gasteiger partial charge in [-0.15, -0.1) is 0 Å². The number of esters is 1. The van der Waals surface area contributed by atoms with E-state index in [0.29, 0.717) is 0 Å². The van der Waals surface area contributed by atoms with E-state index in [9.17, 15) is 96.7 Å². The van der Waals surface area contributed by atoms with Crippen LogP contribution in [-0.2, 0) is 66.4 Å². The molecule has 32 nitrogen and oxygen atoms in total. The Kier molecular flexibility index (Phi) is 19.1. The number of aliphatic hydroxyl groups excluding tert-OH is 18. The molecule has 22 rings (SSSR count). The largest absolute Gasteiger partial charge is 0.455 e. The molecule has 0 aromatic rings. The molecule has 0 aromatic heterocycles. The first-order valence-corrected chi connectivity index (χ1v) is 22.2. The summed E-state index contributed by atoms with van der Waals surface area (Å²) in [6.45, 7) is -7.56. The van der Waals surface area contributed by atoms with Gasteiger partial charge in [0.15, 0.2) is 43.8 Å². The van der Waals surface area contributed by atoms with E-state index in [4.69, 9.17) is 61.6 Å². The van der Waals surface area contributed by atoms with Crippen LogP contribution in [0, 0.1) is 0 Å². The molecule has 32 heteroatoms.